The van der Waals surface area contributed by atoms with Gasteiger partial charge in [-0.25, -0.2) is 4.79 Å². The van der Waals surface area contributed by atoms with Crippen molar-refractivity contribution in [3.63, 3.8) is 0 Å². The van der Waals surface area contributed by atoms with Crippen LogP contribution in [0.2, 0.25) is 0 Å². The van der Waals surface area contributed by atoms with E-state index in [4.69, 9.17) is 4.74 Å². The predicted octanol–water partition coefficient (Wildman–Crippen LogP) is 1.51. The molecule has 90 valence electrons. The Balaban J connectivity index is 2.37. The Morgan fingerprint density at radius 2 is 1.75 bits per heavy atom. The molecule has 0 radical (unpaired) electrons. The molecule has 0 N–H and O–H groups in total. The lowest BCUT2D eigenvalue weighted by Gasteiger charge is -2.25. The predicted molar refractivity (Wildman–Crippen MR) is 60.8 cm³/mol. The Bertz CT molecular complexity index is 278. The van der Waals surface area contributed by atoms with E-state index >= 15 is 0 Å². The first-order chi connectivity index (χ1) is 7.59. The molecule has 0 saturated carbocycles. The van der Waals surface area contributed by atoms with Crippen molar-refractivity contribution in [2.75, 3.05) is 13.1 Å². The van der Waals surface area contributed by atoms with Crippen molar-refractivity contribution in [1.29, 1.82) is 0 Å². The largest absolute Gasteiger partial charge is 0.460 e. The van der Waals surface area contributed by atoms with Gasteiger partial charge in [0.05, 0.1) is 6.10 Å². The topological polar surface area (TPSA) is 46.6 Å². The number of carbonyl (C=O) groups is 2. The Hall–Kier alpha value is -1.32. The number of piperidine rings is 1. The lowest BCUT2D eigenvalue weighted by atomic mass is 10.1. The zero-order valence-electron chi connectivity index (χ0n) is 9.94. The average Bonchev–Trinajstić information content (AvgIpc) is 2.26. The fraction of sp³-hybridized carbons (Fsp3) is 0.667. The quantitative estimate of drug-likeness (QED) is 0.540. The van der Waals surface area contributed by atoms with Crippen molar-refractivity contribution in [2.45, 2.75) is 39.2 Å². The zero-order chi connectivity index (χ0) is 12.0. The zero-order valence-corrected chi connectivity index (χ0v) is 9.94. The molecule has 0 aromatic carbocycles. The summed E-state index contributed by atoms with van der Waals surface area (Å²) in [4.78, 5) is 24.5. The van der Waals surface area contributed by atoms with Gasteiger partial charge in [0.1, 0.15) is 0 Å². The number of nitrogens with zero attached hydrogens (tertiary/aromatic N) is 1. The van der Waals surface area contributed by atoms with E-state index in [0.29, 0.717) is 0 Å². The van der Waals surface area contributed by atoms with E-state index in [9.17, 15) is 9.59 Å². The molecule has 1 saturated heterocycles. The van der Waals surface area contributed by atoms with E-state index in [1.165, 1.54) is 18.6 Å². The molecular formula is C12H19NO3. The summed E-state index contributed by atoms with van der Waals surface area (Å²) >= 11 is 0. The Labute approximate surface area is 96.3 Å². The van der Waals surface area contributed by atoms with E-state index < -0.39 is 5.97 Å². The second-order valence-corrected chi connectivity index (χ2v) is 4.20. The molecule has 0 unspecified atom stereocenters. The number of hydrogen-bond acceptors (Lipinski definition) is 3. The molecule has 1 rings (SSSR count). The molecule has 0 spiro atoms. The van der Waals surface area contributed by atoms with E-state index in [2.05, 4.69) is 0 Å². The second-order valence-electron chi connectivity index (χ2n) is 4.20. The lowest BCUT2D eigenvalue weighted by Crippen LogP contribution is -2.34. The fourth-order valence-corrected chi connectivity index (χ4v) is 1.63. The third-order valence-electron chi connectivity index (χ3n) is 2.38. The van der Waals surface area contributed by atoms with Crippen molar-refractivity contribution in [3.8, 4) is 0 Å². The Morgan fingerprint density at radius 3 is 2.31 bits per heavy atom. The summed E-state index contributed by atoms with van der Waals surface area (Å²) in [6.07, 6.45) is 5.64. The maximum atomic E-state index is 11.6. The van der Waals surface area contributed by atoms with Gasteiger partial charge in [-0.1, -0.05) is 0 Å². The minimum Gasteiger partial charge on any atom is -0.460 e. The van der Waals surface area contributed by atoms with E-state index in [-0.39, 0.29) is 12.0 Å². The minimum atomic E-state index is -0.458. The summed E-state index contributed by atoms with van der Waals surface area (Å²) in [5.74, 6) is -0.555. The third kappa shape index (κ3) is 4.47. The fourth-order valence-electron chi connectivity index (χ4n) is 1.63. The highest BCUT2D eigenvalue weighted by Gasteiger charge is 2.14. The van der Waals surface area contributed by atoms with Gasteiger partial charge >= 0.3 is 5.97 Å². The summed E-state index contributed by atoms with van der Waals surface area (Å²) in [6.45, 7) is 5.14. The molecule has 1 aliphatic rings. The number of esters is 1. The maximum absolute atomic E-state index is 11.6. The van der Waals surface area contributed by atoms with Gasteiger partial charge in [0.25, 0.3) is 0 Å². The first kappa shape index (κ1) is 12.7. The van der Waals surface area contributed by atoms with Crippen LogP contribution in [-0.4, -0.2) is 36.0 Å². The van der Waals surface area contributed by atoms with Crippen LogP contribution in [0.25, 0.3) is 0 Å². The van der Waals surface area contributed by atoms with Crippen LogP contribution in [-0.2, 0) is 14.3 Å². The Kier molecular flexibility index (Phi) is 5.02. The molecule has 0 aromatic rings. The second kappa shape index (κ2) is 6.30. The van der Waals surface area contributed by atoms with Crippen molar-refractivity contribution in [3.05, 3.63) is 12.2 Å². The molecule has 0 aromatic heterocycles. The molecule has 4 heteroatoms. The summed E-state index contributed by atoms with van der Waals surface area (Å²) in [5.41, 5.74) is 0. The number of amides is 1. The number of carbonyl (C=O) groups excluding carboxylic acids is 2. The van der Waals surface area contributed by atoms with Gasteiger partial charge in [0, 0.05) is 25.2 Å². The van der Waals surface area contributed by atoms with Crippen LogP contribution in [0.15, 0.2) is 12.2 Å². The minimum absolute atomic E-state index is 0.0968. The monoisotopic (exact) mass is 225 g/mol. The molecule has 16 heavy (non-hydrogen) atoms. The molecule has 1 heterocycles. The van der Waals surface area contributed by atoms with Gasteiger partial charge in [-0.3, -0.25) is 4.79 Å². The summed E-state index contributed by atoms with van der Waals surface area (Å²) in [6, 6.07) is 0. The number of ether oxygens (including phenoxy) is 1. The molecule has 0 bridgehead atoms. The van der Waals surface area contributed by atoms with E-state index in [0.717, 1.165) is 25.9 Å². The average molecular weight is 225 g/mol. The Morgan fingerprint density at radius 1 is 1.12 bits per heavy atom. The number of likely N-dealkylation sites (tertiary alicyclic amines) is 1. The SMILES string of the molecule is CC(C)OC(=O)/C=C/C(=O)N1CCCCC1. The van der Waals surface area contributed by atoms with Crippen molar-refractivity contribution in [1.82, 2.24) is 4.90 Å². The highest BCUT2D eigenvalue weighted by atomic mass is 16.5. The highest BCUT2D eigenvalue weighted by molar-refractivity contribution is 5.94. The van der Waals surface area contributed by atoms with Crippen molar-refractivity contribution >= 4 is 11.9 Å². The smallest absolute Gasteiger partial charge is 0.331 e. The first-order valence-electron chi connectivity index (χ1n) is 5.77. The van der Waals surface area contributed by atoms with Crippen LogP contribution in [0.1, 0.15) is 33.1 Å². The van der Waals surface area contributed by atoms with Crippen LogP contribution in [0.4, 0.5) is 0 Å². The van der Waals surface area contributed by atoms with Crippen molar-refractivity contribution < 1.29 is 14.3 Å². The van der Waals surface area contributed by atoms with Crippen molar-refractivity contribution in [2.24, 2.45) is 0 Å². The molecule has 1 amide bonds. The summed E-state index contributed by atoms with van der Waals surface area (Å²) < 4.78 is 4.89. The summed E-state index contributed by atoms with van der Waals surface area (Å²) in [7, 11) is 0. The highest BCUT2D eigenvalue weighted by Crippen LogP contribution is 2.08. The van der Waals surface area contributed by atoms with E-state index in [1.54, 1.807) is 18.7 Å². The van der Waals surface area contributed by atoms with Crippen LogP contribution in [0.3, 0.4) is 0 Å². The van der Waals surface area contributed by atoms with Gasteiger partial charge in [-0.15, -0.1) is 0 Å². The standard InChI is InChI=1S/C12H19NO3/c1-10(2)16-12(15)7-6-11(14)13-8-4-3-5-9-13/h6-7,10H,3-5,8-9H2,1-2H3/b7-6+. The third-order valence-corrected chi connectivity index (χ3v) is 2.38. The molecule has 0 atom stereocenters. The molecular weight excluding hydrogens is 206 g/mol. The molecule has 1 aliphatic heterocycles. The van der Waals surface area contributed by atoms with Gasteiger partial charge in [0.2, 0.25) is 5.91 Å². The lowest BCUT2D eigenvalue weighted by molar-refractivity contribution is -0.141. The maximum Gasteiger partial charge on any atom is 0.331 e. The number of rotatable bonds is 3. The van der Waals surface area contributed by atoms with Crippen LogP contribution >= 0.6 is 0 Å². The molecule has 0 aliphatic carbocycles. The van der Waals surface area contributed by atoms with Gasteiger partial charge in [-0.2, -0.15) is 0 Å². The van der Waals surface area contributed by atoms with Crippen LogP contribution in [0.5, 0.6) is 0 Å². The molecule has 4 nitrogen and oxygen atoms in total. The van der Waals surface area contributed by atoms with Gasteiger partial charge < -0.3 is 9.64 Å². The van der Waals surface area contributed by atoms with E-state index in [1.807, 2.05) is 0 Å². The van der Waals surface area contributed by atoms with Gasteiger partial charge in [-0.05, 0) is 33.1 Å². The van der Waals surface area contributed by atoms with Crippen LogP contribution < -0.4 is 0 Å². The normalized spacial score (nSPS) is 16.8. The molecule has 1 fully saturated rings. The van der Waals surface area contributed by atoms with Crippen LogP contribution in [0, 0.1) is 0 Å². The first-order valence-corrected chi connectivity index (χ1v) is 5.77. The van der Waals surface area contributed by atoms with Gasteiger partial charge in [0.15, 0.2) is 0 Å². The summed E-state index contributed by atoms with van der Waals surface area (Å²) in [5, 5.41) is 0. The number of hydrogen-bond donors (Lipinski definition) is 0.